The number of aromatic hydroxyl groups is 1. The van der Waals surface area contributed by atoms with Crippen LogP contribution in [0.15, 0.2) is 36.4 Å². The molecule has 0 amide bonds. The summed E-state index contributed by atoms with van der Waals surface area (Å²) in [5.41, 5.74) is 2.89. The van der Waals surface area contributed by atoms with E-state index in [1.807, 2.05) is 18.2 Å². The van der Waals surface area contributed by atoms with Crippen molar-refractivity contribution in [2.24, 2.45) is 0 Å². The van der Waals surface area contributed by atoms with Crippen molar-refractivity contribution in [3.8, 4) is 17.1 Å². The van der Waals surface area contributed by atoms with Crippen LogP contribution in [0, 0.1) is 0 Å². The molecule has 2 aromatic carbocycles. The minimum absolute atomic E-state index is 0.166. The fourth-order valence-corrected chi connectivity index (χ4v) is 4.29. The Kier molecular flexibility index (Phi) is 4.67. The first kappa shape index (κ1) is 19.2. The van der Waals surface area contributed by atoms with Gasteiger partial charge < -0.3 is 20.1 Å². The highest BCUT2D eigenvalue weighted by atomic mass is 32.2. The van der Waals surface area contributed by atoms with Gasteiger partial charge in [0.2, 0.25) is 10.0 Å². The Balaban J connectivity index is 1.59. The number of aromatic carboxylic acids is 1. The maximum absolute atomic E-state index is 11.7. The summed E-state index contributed by atoms with van der Waals surface area (Å²) in [4.78, 5) is 20.9. The van der Waals surface area contributed by atoms with E-state index in [0.717, 1.165) is 16.7 Å². The number of H-pyrrole nitrogens is 1. The number of carboxylic acids is 1. The van der Waals surface area contributed by atoms with Gasteiger partial charge in [-0.05, 0) is 30.3 Å². The van der Waals surface area contributed by atoms with Crippen LogP contribution in [0.1, 0.15) is 10.4 Å². The number of hydrogen-bond acceptors (Lipinski definition) is 6. The first-order valence-corrected chi connectivity index (χ1v) is 10.8. The number of phenols is 1. The van der Waals surface area contributed by atoms with Crippen LogP contribution in [0.5, 0.6) is 5.75 Å². The lowest BCUT2D eigenvalue weighted by molar-refractivity contribution is 0.0693. The molecule has 0 bridgehead atoms. The monoisotopic (exact) mass is 416 g/mol. The average molecular weight is 416 g/mol. The van der Waals surface area contributed by atoms with Gasteiger partial charge >= 0.3 is 5.97 Å². The average Bonchev–Trinajstić information content (AvgIpc) is 3.10. The molecule has 1 aromatic heterocycles. The normalized spacial score (nSPS) is 15.7. The van der Waals surface area contributed by atoms with Crippen LogP contribution in [0.3, 0.4) is 0 Å². The third kappa shape index (κ3) is 3.76. The standard InChI is InChI=1S/C19H20N4O5S/c1-29(27,28)23-8-6-22(7-9-23)13-3-5-15-16(11-13)21-18(20-15)12-2-4-14(19(25)26)17(24)10-12/h2-5,10-11,24H,6-9H2,1H3,(H,20,21)(H,25,26). The molecule has 3 aromatic rings. The summed E-state index contributed by atoms with van der Waals surface area (Å²) in [6.07, 6.45) is 1.22. The maximum Gasteiger partial charge on any atom is 0.339 e. The molecular formula is C19H20N4O5S. The zero-order valence-corrected chi connectivity index (χ0v) is 16.5. The lowest BCUT2D eigenvalue weighted by atomic mass is 10.1. The highest BCUT2D eigenvalue weighted by Crippen LogP contribution is 2.28. The van der Waals surface area contributed by atoms with Crippen molar-refractivity contribution < 1.29 is 23.4 Å². The zero-order valence-electron chi connectivity index (χ0n) is 15.7. The molecular weight excluding hydrogens is 396 g/mol. The van der Waals surface area contributed by atoms with Gasteiger partial charge in [0.25, 0.3) is 0 Å². The molecule has 0 saturated carbocycles. The lowest BCUT2D eigenvalue weighted by Crippen LogP contribution is -2.48. The number of carbonyl (C=O) groups is 1. The van der Waals surface area contributed by atoms with Crippen molar-refractivity contribution >= 4 is 32.7 Å². The van der Waals surface area contributed by atoms with Crippen LogP contribution in [-0.4, -0.2) is 71.3 Å². The van der Waals surface area contributed by atoms with Crippen molar-refractivity contribution in [2.45, 2.75) is 0 Å². The minimum atomic E-state index is -3.17. The third-order valence-corrected chi connectivity index (χ3v) is 6.34. The van der Waals surface area contributed by atoms with Gasteiger partial charge in [-0.3, -0.25) is 0 Å². The van der Waals surface area contributed by atoms with E-state index in [1.54, 1.807) is 6.07 Å². The van der Waals surface area contributed by atoms with Crippen molar-refractivity contribution in [3.05, 3.63) is 42.0 Å². The molecule has 0 atom stereocenters. The zero-order chi connectivity index (χ0) is 20.8. The Labute approximate surface area is 167 Å². The van der Waals surface area contributed by atoms with Crippen LogP contribution in [-0.2, 0) is 10.0 Å². The minimum Gasteiger partial charge on any atom is -0.507 e. The molecule has 1 saturated heterocycles. The van der Waals surface area contributed by atoms with Gasteiger partial charge in [-0.1, -0.05) is 6.07 Å². The number of nitrogens with zero attached hydrogens (tertiary/aromatic N) is 3. The second-order valence-electron chi connectivity index (χ2n) is 6.97. The van der Waals surface area contributed by atoms with E-state index in [-0.39, 0.29) is 11.3 Å². The molecule has 1 fully saturated rings. The molecule has 9 nitrogen and oxygen atoms in total. The van der Waals surface area contributed by atoms with Gasteiger partial charge in [0, 0.05) is 37.4 Å². The number of fused-ring (bicyclic) bond motifs is 1. The third-order valence-electron chi connectivity index (χ3n) is 5.04. The highest BCUT2D eigenvalue weighted by molar-refractivity contribution is 7.88. The molecule has 4 rings (SSSR count). The molecule has 0 unspecified atom stereocenters. The maximum atomic E-state index is 11.7. The van der Waals surface area contributed by atoms with E-state index in [4.69, 9.17) is 5.11 Å². The first-order chi connectivity index (χ1) is 13.7. The predicted molar refractivity (Wildman–Crippen MR) is 109 cm³/mol. The van der Waals surface area contributed by atoms with E-state index in [2.05, 4.69) is 14.9 Å². The lowest BCUT2D eigenvalue weighted by Gasteiger charge is -2.34. The molecule has 152 valence electrons. The SMILES string of the molecule is CS(=O)(=O)N1CCN(c2ccc3[nH]c(-c4ccc(C(=O)O)c(O)c4)nc3c2)CC1. The molecule has 29 heavy (non-hydrogen) atoms. The van der Waals surface area contributed by atoms with Gasteiger partial charge in [-0.25, -0.2) is 18.2 Å². The summed E-state index contributed by atoms with van der Waals surface area (Å²) in [5, 5.41) is 18.9. The highest BCUT2D eigenvalue weighted by Gasteiger charge is 2.23. The van der Waals surface area contributed by atoms with Crippen LogP contribution < -0.4 is 4.90 Å². The van der Waals surface area contributed by atoms with Crippen molar-refractivity contribution in [2.75, 3.05) is 37.3 Å². The number of rotatable bonds is 4. The van der Waals surface area contributed by atoms with Crippen molar-refractivity contribution in [1.29, 1.82) is 0 Å². The quantitative estimate of drug-likeness (QED) is 0.591. The molecule has 0 aliphatic carbocycles. The van der Waals surface area contributed by atoms with Crippen molar-refractivity contribution in [1.82, 2.24) is 14.3 Å². The number of anilines is 1. The molecule has 1 aliphatic rings. The number of carboxylic acid groups (broad SMARTS) is 1. The Morgan fingerprint density at radius 1 is 1.10 bits per heavy atom. The summed E-state index contributed by atoms with van der Waals surface area (Å²) in [5.74, 6) is -0.995. The molecule has 1 aliphatic heterocycles. The van der Waals surface area contributed by atoms with Crippen LogP contribution >= 0.6 is 0 Å². The van der Waals surface area contributed by atoms with Gasteiger partial charge in [0.1, 0.15) is 17.1 Å². The van der Waals surface area contributed by atoms with Crippen LogP contribution in [0.2, 0.25) is 0 Å². The Hall–Kier alpha value is -3.11. The number of imidazole rings is 1. The number of piperazine rings is 1. The number of aromatic nitrogens is 2. The van der Waals surface area contributed by atoms with Gasteiger partial charge in [0.05, 0.1) is 17.3 Å². The van der Waals surface area contributed by atoms with E-state index < -0.39 is 16.0 Å². The van der Waals surface area contributed by atoms with Gasteiger partial charge in [-0.15, -0.1) is 0 Å². The second kappa shape index (κ2) is 7.05. The number of aromatic amines is 1. The van der Waals surface area contributed by atoms with Gasteiger partial charge in [-0.2, -0.15) is 4.31 Å². The smallest absolute Gasteiger partial charge is 0.339 e. The number of nitrogens with one attached hydrogen (secondary N) is 1. The van der Waals surface area contributed by atoms with Crippen LogP contribution in [0.25, 0.3) is 22.4 Å². The second-order valence-corrected chi connectivity index (χ2v) is 8.96. The Morgan fingerprint density at radius 3 is 2.45 bits per heavy atom. The van der Waals surface area contributed by atoms with Crippen molar-refractivity contribution in [3.63, 3.8) is 0 Å². The molecule has 2 heterocycles. The Bertz CT molecular complexity index is 1200. The first-order valence-electron chi connectivity index (χ1n) is 8.99. The summed E-state index contributed by atoms with van der Waals surface area (Å²) in [7, 11) is -3.17. The summed E-state index contributed by atoms with van der Waals surface area (Å²) in [6, 6.07) is 10.1. The van der Waals surface area contributed by atoms with E-state index in [0.29, 0.717) is 37.6 Å². The molecule has 0 spiro atoms. The topological polar surface area (TPSA) is 127 Å². The number of benzene rings is 2. The fraction of sp³-hybridized carbons (Fsp3) is 0.263. The fourth-order valence-electron chi connectivity index (χ4n) is 3.47. The summed E-state index contributed by atoms with van der Waals surface area (Å²) >= 11 is 0. The molecule has 3 N–H and O–H groups in total. The van der Waals surface area contributed by atoms with Crippen LogP contribution in [0.4, 0.5) is 5.69 Å². The van der Waals surface area contributed by atoms with E-state index in [1.165, 1.54) is 22.7 Å². The van der Waals surface area contributed by atoms with Gasteiger partial charge in [0.15, 0.2) is 0 Å². The number of sulfonamides is 1. The largest absolute Gasteiger partial charge is 0.507 e. The van der Waals surface area contributed by atoms with E-state index >= 15 is 0 Å². The summed E-state index contributed by atoms with van der Waals surface area (Å²) < 4.78 is 24.8. The van der Waals surface area contributed by atoms with E-state index in [9.17, 15) is 18.3 Å². The molecule has 10 heteroatoms. The predicted octanol–water partition coefficient (Wildman–Crippen LogP) is 1.72. The Morgan fingerprint density at radius 2 is 1.83 bits per heavy atom. The number of hydrogen-bond donors (Lipinski definition) is 3. The summed E-state index contributed by atoms with van der Waals surface area (Å²) in [6.45, 7) is 2.08. The molecule has 0 radical (unpaired) electrons.